The Morgan fingerprint density at radius 2 is 1.48 bits per heavy atom. The van der Waals surface area contributed by atoms with Crippen molar-refractivity contribution in [3.8, 4) is 5.75 Å². The van der Waals surface area contributed by atoms with E-state index in [-0.39, 0.29) is 13.2 Å². The second-order valence-electron chi connectivity index (χ2n) is 9.55. The standard InChI is InChI=1S/C25H34N2O6/c1-24(2,3)32-22(29)26-19-11-8-17(9-12-19)15-27(23(30)33-25(4,5)6)20-13-10-18(16-28)14-21(20)31-7/h8-14,28H,15-16H2,1-7H3,(H,26,29). The zero-order chi connectivity index (χ0) is 24.8. The molecule has 0 radical (unpaired) electrons. The minimum Gasteiger partial charge on any atom is -0.495 e. The van der Waals surface area contributed by atoms with Gasteiger partial charge in [0.05, 0.1) is 25.9 Å². The number of ether oxygens (including phenoxy) is 3. The summed E-state index contributed by atoms with van der Waals surface area (Å²) in [5.74, 6) is 0.440. The van der Waals surface area contributed by atoms with Gasteiger partial charge in [-0.05, 0) is 76.9 Å². The Morgan fingerprint density at radius 1 is 0.909 bits per heavy atom. The fourth-order valence-electron chi connectivity index (χ4n) is 2.91. The quantitative estimate of drug-likeness (QED) is 0.595. The highest BCUT2D eigenvalue weighted by atomic mass is 16.6. The second kappa shape index (κ2) is 10.6. The molecule has 0 unspecified atom stereocenters. The maximum Gasteiger partial charge on any atom is 0.415 e. The van der Waals surface area contributed by atoms with E-state index in [1.165, 1.54) is 12.0 Å². The van der Waals surface area contributed by atoms with E-state index in [1.807, 2.05) is 0 Å². The molecule has 0 aliphatic heterocycles. The van der Waals surface area contributed by atoms with E-state index >= 15 is 0 Å². The molecule has 2 aromatic carbocycles. The average Bonchev–Trinajstić information content (AvgIpc) is 2.70. The fraction of sp³-hybridized carbons (Fsp3) is 0.440. The molecule has 0 atom stereocenters. The molecule has 33 heavy (non-hydrogen) atoms. The first kappa shape index (κ1) is 26.0. The Morgan fingerprint density at radius 3 is 2.00 bits per heavy atom. The molecule has 8 heteroatoms. The van der Waals surface area contributed by atoms with E-state index in [2.05, 4.69) is 5.32 Å². The molecule has 0 bridgehead atoms. The number of benzene rings is 2. The number of carbonyl (C=O) groups is 2. The van der Waals surface area contributed by atoms with Gasteiger partial charge in [-0.2, -0.15) is 0 Å². The van der Waals surface area contributed by atoms with Gasteiger partial charge < -0.3 is 19.3 Å². The fourth-order valence-corrected chi connectivity index (χ4v) is 2.91. The van der Waals surface area contributed by atoms with Gasteiger partial charge in [-0.3, -0.25) is 10.2 Å². The highest BCUT2D eigenvalue weighted by Crippen LogP contribution is 2.32. The molecule has 0 heterocycles. The van der Waals surface area contributed by atoms with Crippen LogP contribution in [0.25, 0.3) is 0 Å². The van der Waals surface area contributed by atoms with Gasteiger partial charge in [0.15, 0.2) is 0 Å². The van der Waals surface area contributed by atoms with Gasteiger partial charge in [0.25, 0.3) is 0 Å². The molecule has 2 rings (SSSR count). The normalized spacial score (nSPS) is 11.5. The van der Waals surface area contributed by atoms with Crippen molar-refractivity contribution in [3.63, 3.8) is 0 Å². The summed E-state index contributed by atoms with van der Waals surface area (Å²) >= 11 is 0. The number of anilines is 2. The van der Waals surface area contributed by atoms with Crippen molar-refractivity contribution in [3.05, 3.63) is 53.6 Å². The Balaban J connectivity index is 2.28. The van der Waals surface area contributed by atoms with Crippen LogP contribution in [0.1, 0.15) is 52.7 Å². The van der Waals surface area contributed by atoms with Crippen molar-refractivity contribution in [2.45, 2.75) is 65.9 Å². The minimum absolute atomic E-state index is 0.144. The van der Waals surface area contributed by atoms with Crippen LogP contribution in [0.2, 0.25) is 0 Å². The van der Waals surface area contributed by atoms with Crippen LogP contribution < -0.4 is 15.0 Å². The summed E-state index contributed by atoms with van der Waals surface area (Å²) in [6.45, 7) is 10.8. The number of aliphatic hydroxyl groups is 1. The lowest BCUT2D eigenvalue weighted by Gasteiger charge is -2.28. The van der Waals surface area contributed by atoms with Crippen LogP contribution in [-0.4, -0.2) is 35.6 Å². The smallest absolute Gasteiger partial charge is 0.415 e. The summed E-state index contributed by atoms with van der Waals surface area (Å²) in [6.07, 6.45) is -1.08. The van der Waals surface area contributed by atoms with Gasteiger partial charge in [0, 0.05) is 5.69 Å². The Hall–Kier alpha value is -3.26. The second-order valence-corrected chi connectivity index (χ2v) is 9.55. The van der Waals surface area contributed by atoms with Gasteiger partial charge >= 0.3 is 12.2 Å². The summed E-state index contributed by atoms with van der Waals surface area (Å²) in [6, 6.07) is 12.2. The van der Waals surface area contributed by atoms with Crippen molar-refractivity contribution in [1.29, 1.82) is 0 Å². The van der Waals surface area contributed by atoms with Gasteiger partial charge in [-0.1, -0.05) is 18.2 Å². The number of nitrogens with zero attached hydrogens (tertiary/aromatic N) is 1. The first-order valence-corrected chi connectivity index (χ1v) is 10.7. The first-order chi connectivity index (χ1) is 15.3. The molecule has 0 aliphatic carbocycles. The third kappa shape index (κ3) is 8.31. The summed E-state index contributed by atoms with van der Waals surface area (Å²) in [4.78, 5) is 26.5. The maximum atomic E-state index is 13.1. The van der Waals surface area contributed by atoms with Crippen molar-refractivity contribution in [1.82, 2.24) is 0 Å². The van der Waals surface area contributed by atoms with Crippen molar-refractivity contribution in [2.75, 3.05) is 17.3 Å². The molecular weight excluding hydrogens is 424 g/mol. The highest BCUT2D eigenvalue weighted by molar-refractivity contribution is 5.90. The number of hydrogen-bond acceptors (Lipinski definition) is 6. The Kier molecular flexibility index (Phi) is 8.33. The zero-order valence-corrected chi connectivity index (χ0v) is 20.4. The van der Waals surface area contributed by atoms with Crippen LogP contribution in [0.15, 0.2) is 42.5 Å². The summed E-state index contributed by atoms with van der Waals surface area (Å²) < 4.78 is 16.3. The van der Waals surface area contributed by atoms with Crippen LogP contribution >= 0.6 is 0 Å². The highest BCUT2D eigenvalue weighted by Gasteiger charge is 2.26. The monoisotopic (exact) mass is 458 g/mol. The minimum atomic E-state index is -0.686. The van der Waals surface area contributed by atoms with E-state index < -0.39 is 23.4 Å². The number of amides is 2. The van der Waals surface area contributed by atoms with Crippen molar-refractivity contribution >= 4 is 23.6 Å². The number of aliphatic hydroxyl groups excluding tert-OH is 1. The van der Waals surface area contributed by atoms with Crippen LogP contribution in [0.5, 0.6) is 5.75 Å². The zero-order valence-electron chi connectivity index (χ0n) is 20.4. The van der Waals surface area contributed by atoms with E-state index in [0.29, 0.717) is 22.7 Å². The summed E-state index contributed by atoms with van der Waals surface area (Å²) in [5.41, 5.74) is 1.28. The molecular formula is C25H34N2O6. The molecule has 0 aliphatic rings. The predicted molar refractivity (Wildman–Crippen MR) is 128 cm³/mol. The number of carbonyl (C=O) groups excluding carboxylic acids is 2. The predicted octanol–water partition coefficient (Wildman–Crippen LogP) is 5.48. The summed E-state index contributed by atoms with van der Waals surface area (Å²) in [5, 5.41) is 12.1. The lowest BCUT2D eigenvalue weighted by molar-refractivity contribution is 0.0574. The lowest BCUT2D eigenvalue weighted by Crippen LogP contribution is -2.36. The molecule has 0 fully saturated rings. The van der Waals surface area contributed by atoms with Gasteiger partial charge in [-0.15, -0.1) is 0 Å². The number of hydrogen-bond donors (Lipinski definition) is 2. The Labute approximate surface area is 195 Å². The molecule has 0 saturated carbocycles. The van der Waals surface area contributed by atoms with Crippen LogP contribution in [0.4, 0.5) is 21.0 Å². The van der Waals surface area contributed by atoms with Crippen LogP contribution in [0.3, 0.4) is 0 Å². The molecule has 2 amide bonds. The van der Waals surface area contributed by atoms with E-state index in [4.69, 9.17) is 14.2 Å². The van der Waals surface area contributed by atoms with E-state index in [0.717, 1.165) is 5.56 Å². The largest absolute Gasteiger partial charge is 0.495 e. The number of rotatable bonds is 6. The average molecular weight is 459 g/mol. The maximum absolute atomic E-state index is 13.1. The molecule has 2 aromatic rings. The van der Waals surface area contributed by atoms with E-state index in [1.54, 1.807) is 84.0 Å². The molecule has 0 spiro atoms. The third-order valence-corrected chi connectivity index (χ3v) is 4.27. The van der Waals surface area contributed by atoms with Crippen molar-refractivity contribution < 1.29 is 28.9 Å². The molecule has 8 nitrogen and oxygen atoms in total. The van der Waals surface area contributed by atoms with Gasteiger partial charge in [0.2, 0.25) is 0 Å². The molecule has 0 saturated heterocycles. The van der Waals surface area contributed by atoms with Gasteiger partial charge in [0.1, 0.15) is 17.0 Å². The van der Waals surface area contributed by atoms with Crippen LogP contribution in [-0.2, 0) is 22.6 Å². The lowest BCUT2D eigenvalue weighted by atomic mass is 10.1. The summed E-state index contributed by atoms with van der Waals surface area (Å²) in [7, 11) is 1.50. The van der Waals surface area contributed by atoms with E-state index in [9.17, 15) is 14.7 Å². The molecule has 0 aromatic heterocycles. The SMILES string of the molecule is COc1cc(CO)ccc1N(Cc1ccc(NC(=O)OC(C)(C)C)cc1)C(=O)OC(C)(C)C. The molecule has 180 valence electrons. The third-order valence-electron chi connectivity index (χ3n) is 4.27. The number of nitrogens with one attached hydrogen (secondary N) is 1. The molecule has 2 N–H and O–H groups in total. The van der Waals surface area contributed by atoms with Gasteiger partial charge in [-0.25, -0.2) is 9.59 Å². The Bertz CT molecular complexity index is 958. The first-order valence-electron chi connectivity index (χ1n) is 10.7. The van der Waals surface area contributed by atoms with Crippen LogP contribution in [0, 0.1) is 0 Å². The van der Waals surface area contributed by atoms with Crippen molar-refractivity contribution in [2.24, 2.45) is 0 Å². The number of methoxy groups -OCH3 is 1. The topological polar surface area (TPSA) is 97.3 Å².